The molecule has 96 valence electrons. The molecule has 0 atom stereocenters. The molecule has 0 aromatic heterocycles. The van der Waals surface area contributed by atoms with E-state index in [4.69, 9.17) is 9.84 Å². The fourth-order valence-corrected chi connectivity index (χ4v) is 2.25. The van der Waals surface area contributed by atoms with Crippen molar-refractivity contribution in [3.05, 3.63) is 35.9 Å². The first kappa shape index (κ1) is 12.7. The molecule has 0 aliphatic heterocycles. The van der Waals surface area contributed by atoms with Gasteiger partial charge in [-0.05, 0) is 37.8 Å². The highest BCUT2D eigenvalue weighted by atomic mass is 16.5. The average Bonchev–Trinajstić information content (AvgIpc) is 2.39. The molecule has 1 N–H and O–H groups in total. The predicted octanol–water partition coefficient (Wildman–Crippen LogP) is 3.50. The highest BCUT2D eigenvalue weighted by molar-refractivity contribution is 5.85. The third-order valence-corrected chi connectivity index (χ3v) is 3.17. The summed E-state index contributed by atoms with van der Waals surface area (Å²) < 4.78 is 5.97. The van der Waals surface area contributed by atoms with Gasteiger partial charge in [-0.3, -0.25) is 0 Å². The Kier molecular flexibility index (Phi) is 4.40. The van der Waals surface area contributed by atoms with E-state index in [0.29, 0.717) is 0 Å². The minimum atomic E-state index is -0.942. The van der Waals surface area contributed by atoms with Crippen LogP contribution >= 0.6 is 0 Å². The van der Waals surface area contributed by atoms with Crippen molar-refractivity contribution in [1.82, 2.24) is 0 Å². The normalized spacial score (nSPS) is 16.9. The van der Waals surface area contributed by atoms with E-state index in [1.54, 1.807) is 6.08 Å². The minimum Gasteiger partial charge on any atom is -0.490 e. The summed E-state index contributed by atoms with van der Waals surface area (Å²) in [5, 5.41) is 8.66. The molecule has 1 aliphatic rings. The average molecular weight is 246 g/mol. The Morgan fingerprint density at radius 2 is 1.94 bits per heavy atom. The predicted molar refractivity (Wildman–Crippen MR) is 70.6 cm³/mol. The van der Waals surface area contributed by atoms with Crippen molar-refractivity contribution in [2.24, 2.45) is 0 Å². The number of para-hydroxylation sites is 1. The van der Waals surface area contributed by atoms with E-state index in [0.717, 1.165) is 30.2 Å². The van der Waals surface area contributed by atoms with Crippen LogP contribution in [-0.4, -0.2) is 17.2 Å². The molecule has 1 saturated carbocycles. The highest BCUT2D eigenvalue weighted by Crippen LogP contribution is 2.26. The topological polar surface area (TPSA) is 46.5 Å². The fourth-order valence-electron chi connectivity index (χ4n) is 2.25. The molecular weight excluding hydrogens is 228 g/mol. The zero-order chi connectivity index (χ0) is 12.8. The molecule has 0 saturated heterocycles. The molecule has 1 aromatic carbocycles. The molecule has 3 nitrogen and oxygen atoms in total. The lowest BCUT2D eigenvalue weighted by molar-refractivity contribution is -0.131. The first-order chi connectivity index (χ1) is 8.75. The van der Waals surface area contributed by atoms with Crippen LogP contribution in [0.15, 0.2) is 30.3 Å². The van der Waals surface area contributed by atoms with Crippen molar-refractivity contribution >= 4 is 12.0 Å². The Morgan fingerprint density at radius 3 is 2.67 bits per heavy atom. The Labute approximate surface area is 107 Å². The van der Waals surface area contributed by atoms with Crippen LogP contribution in [0.4, 0.5) is 0 Å². The second-order valence-electron chi connectivity index (χ2n) is 4.59. The van der Waals surface area contributed by atoms with Gasteiger partial charge in [-0.2, -0.15) is 0 Å². The molecule has 2 rings (SSSR count). The van der Waals surface area contributed by atoms with Crippen molar-refractivity contribution in [2.75, 3.05) is 0 Å². The lowest BCUT2D eigenvalue weighted by atomic mass is 9.97. The molecule has 0 bridgehead atoms. The van der Waals surface area contributed by atoms with Gasteiger partial charge in [-0.15, -0.1) is 0 Å². The van der Waals surface area contributed by atoms with Crippen LogP contribution < -0.4 is 4.74 Å². The van der Waals surface area contributed by atoms with Crippen LogP contribution in [0.5, 0.6) is 5.75 Å². The van der Waals surface area contributed by atoms with Crippen molar-refractivity contribution in [2.45, 2.75) is 38.2 Å². The summed E-state index contributed by atoms with van der Waals surface area (Å²) in [5.74, 6) is -0.163. The number of carboxylic acids is 1. The molecule has 0 spiro atoms. The van der Waals surface area contributed by atoms with Gasteiger partial charge < -0.3 is 9.84 Å². The van der Waals surface area contributed by atoms with Crippen molar-refractivity contribution in [1.29, 1.82) is 0 Å². The van der Waals surface area contributed by atoms with Crippen LogP contribution in [0.25, 0.3) is 6.08 Å². The van der Waals surface area contributed by atoms with Gasteiger partial charge >= 0.3 is 5.97 Å². The summed E-state index contributed by atoms with van der Waals surface area (Å²) in [4.78, 5) is 10.5. The smallest absolute Gasteiger partial charge is 0.328 e. The Bertz CT molecular complexity index is 431. The van der Waals surface area contributed by atoms with E-state index in [-0.39, 0.29) is 6.10 Å². The van der Waals surface area contributed by atoms with Crippen molar-refractivity contribution < 1.29 is 14.6 Å². The van der Waals surface area contributed by atoms with E-state index >= 15 is 0 Å². The largest absolute Gasteiger partial charge is 0.490 e. The van der Waals surface area contributed by atoms with Crippen LogP contribution in [0, 0.1) is 0 Å². The molecule has 1 fully saturated rings. The molecular formula is C15H18O3. The monoisotopic (exact) mass is 246 g/mol. The lowest BCUT2D eigenvalue weighted by Crippen LogP contribution is -2.19. The van der Waals surface area contributed by atoms with Gasteiger partial charge in [0.15, 0.2) is 0 Å². The van der Waals surface area contributed by atoms with E-state index in [1.165, 1.54) is 19.3 Å². The zero-order valence-corrected chi connectivity index (χ0v) is 10.3. The number of ether oxygens (including phenoxy) is 1. The third kappa shape index (κ3) is 3.62. The van der Waals surface area contributed by atoms with Gasteiger partial charge in [0.25, 0.3) is 0 Å². The van der Waals surface area contributed by atoms with Gasteiger partial charge in [0, 0.05) is 11.6 Å². The van der Waals surface area contributed by atoms with E-state index in [1.807, 2.05) is 24.3 Å². The Balaban J connectivity index is 2.08. The molecule has 0 unspecified atom stereocenters. The number of rotatable bonds is 4. The van der Waals surface area contributed by atoms with Crippen LogP contribution in [-0.2, 0) is 4.79 Å². The first-order valence-corrected chi connectivity index (χ1v) is 6.42. The van der Waals surface area contributed by atoms with E-state index in [9.17, 15) is 4.79 Å². The molecule has 0 radical (unpaired) electrons. The highest BCUT2D eigenvalue weighted by Gasteiger charge is 2.15. The second-order valence-corrected chi connectivity index (χ2v) is 4.59. The molecule has 18 heavy (non-hydrogen) atoms. The Hall–Kier alpha value is -1.77. The first-order valence-electron chi connectivity index (χ1n) is 6.42. The quantitative estimate of drug-likeness (QED) is 0.827. The maximum Gasteiger partial charge on any atom is 0.328 e. The number of carbonyl (C=O) groups is 1. The van der Waals surface area contributed by atoms with Gasteiger partial charge in [-0.1, -0.05) is 24.6 Å². The minimum absolute atomic E-state index is 0.276. The van der Waals surface area contributed by atoms with Crippen LogP contribution in [0.1, 0.15) is 37.7 Å². The maximum atomic E-state index is 10.5. The molecule has 1 aromatic rings. The number of hydrogen-bond donors (Lipinski definition) is 1. The molecule has 0 heterocycles. The van der Waals surface area contributed by atoms with E-state index in [2.05, 4.69) is 0 Å². The van der Waals surface area contributed by atoms with Crippen LogP contribution in [0.3, 0.4) is 0 Å². The second kappa shape index (κ2) is 6.24. The Morgan fingerprint density at radius 1 is 1.22 bits per heavy atom. The van der Waals surface area contributed by atoms with E-state index < -0.39 is 5.97 Å². The number of aliphatic carboxylic acids is 1. The number of hydrogen-bond acceptors (Lipinski definition) is 2. The van der Waals surface area contributed by atoms with Gasteiger partial charge in [0.05, 0.1) is 6.10 Å². The SMILES string of the molecule is O=C(O)/C=C/c1ccccc1OC1CCCCC1. The zero-order valence-electron chi connectivity index (χ0n) is 10.3. The number of benzene rings is 1. The van der Waals surface area contributed by atoms with Crippen LogP contribution in [0.2, 0.25) is 0 Å². The van der Waals surface area contributed by atoms with Gasteiger partial charge in [0.1, 0.15) is 5.75 Å². The third-order valence-electron chi connectivity index (χ3n) is 3.17. The lowest BCUT2D eigenvalue weighted by Gasteiger charge is -2.23. The van der Waals surface area contributed by atoms with Gasteiger partial charge in [-0.25, -0.2) is 4.79 Å². The summed E-state index contributed by atoms with van der Waals surface area (Å²) in [6, 6.07) is 7.57. The molecule has 0 amide bonds. The summed E-state index contributed by atoms with van der Waals surface area (Å²) in [5.41, 5.74) is 0.825. The van der Waals surface area contributed by atoms with Crippen molar-refractivity contribution in [3.8, 4) is 5.75 Å². The van der Waals surface area contributed by atoms with Crippen molar-refractivity contribution in [3.63, 3.8) is 0 Å². The summed E-state index contributed by atoms with van der Waals surface area (Å²) in [6.45, 7) is 0. The standard InChI is InChI=1S/C15H18O3/c16-15(17)11-10-12-6-4-5-9-14(12)18-13-7-2-1-3-8-13/h4-6,9-11,13H,1-3,7-8H2,(H,16,17)/b11-10+. The molecule has 3 heteroatoms. The molecule has 1 aliphatic carbocycles. The summed E-state index contributed by atoms with van der Waals surface area (Å²) in [6.07, 6.45) is 8.92. The fraction of sp³-hybridized carbons (Fsp3) is 0.400. The van der Waals surface area contributed by atoms with Gasteiger partial charge in [0.2, 0.25) is 0 Å². The maximum absolute atomic E-state index is 10.5. The summed E-state index contributed by atoms with van der Waals surface area (Å²) in [7, 11) is 0. The number of carboxylic acid groups (broad SMARTS) is 1. The summed E-state index contributed by atoms with van der Waals surface area (Å²) >= 11 is 0.